The van der Waals surface area contributed by atoms with Crippen molar-refractivity contribution in [2.24, 2.45) is 0 Å². The molecule has 1 rings (SSSR count). The number of aromatic nitrogens is 1. The molecule has 15 heavy (non-hydrogen) atoms. The van der Waals surface area contributed by atoms with E-state index in [1.54, 1.807) is 13.3 Å². The van der Waals surface area contributed by atoms with Crippen molar-refractivity contribution in [3.05, 3.63) is 24.4 Å². The Morgan fingerprint density at radius 1 is 1.47 bits per heavy atom. The third-order valence-corrected chi connectivity index (χ3v) is 1.64. The third kappa shape index (κ3) is 7.94. The number of anilines is 1. The molecule has 1 aromatic rings. The van der Waals surface area contributed by atoms with Crippen LogP contribution in [0.25, 0.3) is 0 Å². The molecule has 0 fully saturated rings. The molecule has 3 heteroatoms. The number of nitrogens with zero attached hydrogens (tertiary/aromatic N) is 1. The molecule has 88 valence electrons. The average molecular weight is 212 g/mol. The van der Waals surface area contributed by atoms with E-state index in [1.807, 2.05) is 25.1 Å². The average Bonchev–Trinajstić information content (AvgIpc) is 2.28. The Bertz CT molecular complexity index is 232. The van der Waals surface area contributed by atoms with E-state index in [9.17, 15) is 0 Å². The lowest BCUT2D eigenvalue weighted by atomic mass is 10.4. The summed E-state index contributed by atoms with van der Waals surface area (Å²) in [5.74, 6) is 0.890. The van der Waals surface area contributed by atoms with Crippen molar-refractivity contribution in [3.8, 4) is 0 Å². The standard InChI is InChI=1S/C9H14N2O.C3H8.H2/c1-8(12-2)7-11-9-5-3-4-6-10-9;1-3-2;/h3-6,8H,7H2,1-2H3,(H,10,11);3H2,1-2H3;1H. The molecular formula is C12H24N2O. The number of hydrogen-bond donors (Lipinski definition) is 1. The van der Waals surface area contributed by atoms with E-state index in [2.05, 4.69) is 24.1 Å². The van der Waals surface area contributed by atoms with Crippen LogP contribution in [-0.4, -0.2) is 24.7 Å². The second-order valence-corrected chi connectivity index (χ2v) is 3.35. The number of methoxy groups -OCH3 is 1. The highest BCUT2D eigenvalue weighted by Gasteiger charge is 1.97. The fourth-order valence-corrected chi connectivity index (χ4v) is 0.799. The smallest absolute Gasteiger partial charge is 0.125 e. The fraction of sp³-hybridized carbons (Fsp3) is 0.583. The second kappa shape index (κ2) is 9.46. The molecule has 0 aromatic carbocycles. The van der Waals surface area contributed by atoms with Crippen molar-refractivity contribution in [3.63, 3.8) is 0 Å². The van der Waals surface area contributed by atoms with Gasteiger partial charge in [-0.15, -0.1) is 0 Å². The summed E-state index contributed by atoms with van der Waals surface area (Å²) in [7, 11) is 1.70. The van der Waals surface area contributed by atoms with Gasteiger partial charge in [0.15, 0.2) is 0 Å². The summed E-state index contributed by atoms with van der Waals surface area (Å²) in [6.07, 6.45) is 3.23. The normalized spacial score (nSPS) is 11.2. The van der Waals surface area contributed by atoms with E-state index in [1.165, 1.54) is 6.42 Å². The van der Waals surface area contributed by atoms with Crippen molar-refractivity contribution in [2.45, 2.75) is 33.3 Å². The number of rotatable bonds is 4. The minimum atomic E-state index is 0. The Morgan fingerprint density at radius 2 is 2.13 bits per heavy atom. The van der Waals surface area contributed by atoms with Crippen molar-refractivity contribution in [2.75, 3.05) is 19.0 Å². The van der Waals surface area contributed by atoms with Gasteiger partial charge in [0.05, 0.1) is 6.10 Å². The Hall–Kier alpha value is -1.09. The molecule has 1 heterocycles. The first-order valence-corrected chi connectivity index (χ1v) is 5.42. The van der Waals surface area contributed by atoms with Gasteiger partial charge in [0.1, 0.15) is 5.82 Å². The summed E-state index contributed by atoms with van der Waals surface area (Å²) in [6.45, 7) is 7.05. The lowest BCUT2D eigenvalue weighted by Crippen LogP contribution is -2.18. The summed E-state index contributed by atoms with van der Waals surface area (Å²) < 4.78 is 5.08. The molecule has 0 saturated heterocycles. The van der Waals surface area contributed by atoms with Crippen molar-refractivity contribution in [1.82, 2.24) is 4.98 Å². The molecule has 0 radical (unpaired) electrons. The summed E-state index contributed by atoms with van der Waals surface area (Å²) in [5, 5.41) is 3.16. The molecule has 0 aliphatic rings. The molecule has 0 bridgehead atoms. The van der Waals surface area contributed by atoms with Crippen LogP contribution in [0.4, 0.5) is 5.82 Å². The minimum Gasteiger partial charge on any atom is -0.380 e. The Labute approximate surface area is 94.4 Å². The van der Waals surface area contributed by atoms with Crippen LogP contribution in [0.3, 0.4) is 0 Å². The quantitative estimate of drug-likeness (QED) is 0.832. The van der Waals surface area contributed by atoms with E-state index >= 15 is 0 Å². The molecule has 0 saturated carbocycles. The van der Waals surface area contributed by atoms with Crippen LogP contribution in [0, 0.1) is 0 Å². The number of nitrogens with one attached hydrogen (secondary N) is 1. The molecule has 1 N–H and O–H groups in total. The van der Waals surface area contributed by atoms with Crippen LogP contribution in [0.1, 0.15) is 28.6 Å². The van der Waals surface area contributed by atoms with E-state index < -0.39 is 0 Å². The Balaban J connectivity index is 0. The molecule has 3 nitrogen and oxygen atoms in total. The monoisotopic (exact) mass is 212 g/mol. The van der Waals surface area contributed by atoms with Gasteiger partial charge >= 0.3 is 0 Å². The van der Waals surface area contributed by atoms with E-state index in [0.717, 1.165) is 12.4 Å². The Morgan fingerprint density at radius 3 is 2.60 bits per heavy atom. The first-order valence-electron chi connectivity index (χ1n) is 5.42. The molecule has 1 atom stereocenters. The predicted octanol–water partition coefficient (Wildman–Crippen LogP) is 3.19. The topological polar surface area (TPSA) is 34.1 Å². The molecule has 0 amide bonds. The van der Waals surface area contributed by atoms with Gasteiger partial charge in [0.25, 0.3) is 0 Å². The number of pyridine rings is 1. The van der Waals surface area contributed by atoms with Crippen LogP contribution in [0.15, 0.2) is 24.4 Å². The largest absolute Gasteiger partial charge is 0.380 e. The lowest BCUT2D eigenvalue weighted by Gasteiger charge is -2.10. The maximum Gasteiger partial charge on any atom is 0.125 e. The van der Waals surface area contributed by atoms with E-state index in [-0.39, 0.29) is 7.53 Å². The fourth-order valence-electron chi connectivity index (χ4n) is 0.799. The summed E-state index contributed by atoms with van der Waals surface area (Å²) in [5.41, 5.74) is 0. The highest BCUT2D eigenvalue weighted by Crippen LogP contribution is 1.99. The molecular weight excluding hydrogens is 188 g/mol. The zero-order valence-corrected chi connectivity index (χ0v) is 10.2. The van der Waals surface area contributed by atoms with Crippen LogP contribution >= 0.6 is 0 Å². The predicted molar refractivity (Wildman–Crippen MR) is 67.3 cm³/mol. The lowest BCUT2D eigenvalue weighted by molar-refractivity contribution is 0.128. The Kier molecular flexibility index (Phi) is 8.78. The van der Waals surface area contributed by atoms with Gasteiger partial charge in [-0.1, -0.05) is 26.3 Å². The van der Waals surface area contributed by atoms with Gasteiger partial charge in [-0.2, -0.15) is 0 Å². The summed E-state index contributed by atoms with van der Waals surface area (Å²) in [6, 6.07) is 5.78. The van der Waals surface area contributed by atoms with Gasteiger partial charge in [-0.05, 0) is 19.1 Å². The van der Waals surface area contributed by atoms with Crippen LogP contribution < -0.4 is 5.32 Å². The zero-order valence-electron chi connectivity index (χ0n) is 10.2. The van der Waals surface area contributed by atoms with Gasteiger partial charge in [-0.3, -0.25) is 0 Å². The minimum absolute atomic E-state index is 0. The highest BCUT2D eigenvalue weighted by atomic mass is 16.5. The summed E-state index contributed by atoms with van der Waals surface area (Å²) >= 11 is 0. The number of hydrogen-bond acceptors (Lipinski definition) is 3. The first-order chi connectivity index (χ1) is 7.24. The first kappa shape index (κ1) is 13.9. The maximum absolute atomic E-state index is 5.08. The highest BCUT2D eigenvalue weighted by molar-refractivity contribution is 5.32. The van der Waals surface area contributed by atoms with Crippen molar-refractivity contribution in [1.29, 1.82) is 0 Å². The molecule has 0 aliphatic carbocycles. The molecule has 1 aromatic heterocycles. The molecule has 1 unspecified atom stereocenters. The molecule has 0 spiro atoms. The SMILES string of the molecule is CCC.COC(C)CNc1ccccn1.[HH]. The van der Waals surface area contributed by atoms with Crippen molar-refractivity contribution >= 4 is 5.82 Å². The van der Waals surface area contributed by atoms with E-state index in [0.29, 0.717) is 0 Å². The van der Waals surface area contributed by atoms with Crippen LogP contribution in [-0.2, 0) is 4.74 Å². The van der Waals surface area contributed by atoms with E-state index in [4.69, 9.17) is 4.74 Å². The van der Waals surface area contributed by atoms with Crippen molar-refractivity contribution < 1.29 is 6.16 Å². The van der Waals surface area contributed by atoms with Gasteiger partial charge in [0.2, 0.25) is 0 Å². The third-order valence-electron chi connectivity index (χ3n) is 1.64. The zero-order chi connectivity index (χ0) is 11.5. The maximum atomic E-state index is 5.08. The van der Waals surface area contributed by atoms with Crippen LogP contribution in [0.2, 0.25) is 0 Å². The molecule has 0 aliphatic heterocycles. The second-order valence-electron chi connectivity index (χ2n) is 3.35. The number of ether oxygens (including phenoxy) is 1. The van der Waals surface area contributed by atoms with Crippen LogP contribution in [0.5, 0.6) is 0 Å². The van der Waals surface area contributed by atoms with Gasteiger partial charge < -0.3 is 10.1 Å². The van der Waals surface area contributed by atoms with Gasteiger partial charge in [-0.25, -0.2) is 4.98 Å². The summed E-state index contributed by atoms with van der Waals surface area (Å²) in [4.78, 5) is 4.12. The van der Waals surface area contributed by atoms with Gasteiger partial charge in [0, 0.05) is 21.3 Å².